The summed E-state index contributed by atoms with van der Waals surface area (Å²) in [6.45, 7) is 2.42. The van der Waals surface area contributed by atoms with Crippen molar-refractivity contribution in [3.8, 4) is 23.1 Å². The average molecular weight is 742 g/mol. The molecule has 0 aliphatic carbocycles. The van der Waals surface area contributed by atoms with Crippen LogP contribution in [0.25, 0.3) is 33.5 Å². The Balaban J connectivity index is 1.44. The van der Waals surface area contributed by atoms with Gasteiger partial charge in [-0.25, -0.2) is 4.98 Å². The number of ether oxygens (including phenoxy) is 2. The molecule has 2 heterocycles. The second-order valence-corrected chi connectivity index (χ2v) is 11.8. The van der Waals surface area contributed by atoms with Crippen molar-refractivity contribution >= 4 is 83.1 Å². The number of halogens is 4. The summed E-state index contributed by atoms with van der Waals surface area (Å²) >= 11 is 20.1. The topological polar surface area (TPSA) is 78.9 Å². The lowest BCUT2D eigenvalue weighted by atomic mass is 10.2. The summed E-state index contributed by atoms with van der Waals surface area (Å²) in [4.78, 5) is 18.5. The van der Waals surface area contributed by atoms with Crippen LogP contribution in [-0.4, -0.2) is 22.5 Å². The summed E-state index contributed by atoms with van der Waals surface area (Å²) in [7, 11) is 0. The van der Waals surface area contributed by atoms with Crippen molar-refractivity contribution in [3.63, 3.8) is 0 Å². The van der Waals surface area contributed by atoms with E-state index in [0.29, 0.717) is 55.4 Å². The Bertz CT molecular complexity index is 2090. The molecule has 43 heavy (non-hydrogen) atoms. The van der Waals surface area contributed by atoms with Crippen molar-refractivity contribution in [2.24, 2.45) is 5.10 Å². The SMILES string of the molecule is CCOc1cc(C=Nn2c(-c3cc4cc(Br)ccc4o3)nc3ccccc3c2=O)c(Br)c(Cl)c1OCc1ccccc1Cl. The highest BCUT2D eigenvalue weighted by atomic mass is 79.9. The average Bonchev–Trinajstić information content (AvgIpc) is 3.42. The Morgan fingerprint density at radius 3 is 2.60 bits per heavy atom. The zero-order valence-electron chi connectivity index (χ0n) is 22.5. The zero-order valence-corrected chi connectivity index (χ0v) is 27.2. The van der Waals surface area contributed by atoms with Crippen LogP contribution >= 0.6 is 55.1 Å². The predicted molar refractivity (Wildman–Crippen MR) is 178 cm³/mol. The molecule has 6 aromatic rings. The Hall–Kier alpha value is -3.63. The van der Waals surface area contributed by atoms with Gasteiger partial charge in [0.05, 0.1) is 23.7 Å². The fraction of sp³-hybridized carbons (Fsp3) is 0.0938. The molecule has 0 bridgehead atoms. The normalized spacial score (nSPS) is 11.6. The maximum Gasteiger partial charge on any atom is 0.282 e. The van der Waals surface area contributed by atoms with Crippen LogP contribution in [-0.2, 0) is 6.61 Å². The first-order valence-electron chi connectivity index (χ1n) is 13.1. The highest BCUT2D eigenvalue weighted by Crippen LogP contribution is 2.43. The Morgan fingerprint density at radius 1 is 1.00 bits per heavy atom. The minimum Gasteiger partial charge on any atom is -0.490 e. The summed E-state index contributed by atoms with van der Waals surface area (Å²) in [5.74, 6) is 1.41. The fourth-order valence-electron chi connectivity index (χ4n) is 4.50. The minimum absolute atomic E-state index is 0.189. The van der Waals surface area contributed by atoms with E-state index in [1.54, 1.807) is 30.3 Å². The van der Waals surface area contributed by atoms with Gasteiger partial charge < -0.3 is 13.9 Å². The van der Waals surface area contributed by atoms with Gasteiger partial charge in [0, 0.05) is 30.5 Å². The van der Waals surface area contributed by atoms with Crippen LogP contribution in [0.15, 0.2) is 102 Å². The molecule has 2 aromatic heterocycles. The third-order valence-corrected chi connectivity index (χ3v) is 8.86. The van der Waals surface area contributed by atoms with E-state index in [4.69, 9.17) is 42.1 Å². The quantitative estimate of drug-likeness (QED) is 0.145. The van der Waals surface area contributed by atoms with E-state index < -0.39 is 0 Å². The van der Waals surface area contributed by atoms with Gasteiger partial charge in [-0.15, -0.1) is 0 Å². The van der Waals surface area contributed by atoms with Crippen molar-refractivity contribution in [2.75, 3.05) is 6.61 Å². The van der Waals surface area contributed by atoms with Crippen LogP contribution in [0, 0.1) is 0 Å². The summed E-state index contributed by atoms with van der Waals surface area (Å²) < 4.78 is 20.7. The first kappa shape index (κ1) is 29.4. The number of hydrogen-bond donors (Lipinski definition) is 0. The molecular formula is C32H21Br2Cl2N3O4. The molecular weight excluding hydrogens is 721 g/mol. The maximum atomic E-state index is 13.7. The van der Waals surface area contributed by atoms with Crippen LogP contribution in [0.1, 0.15) is 18.1 Å². The molecule has 11 heteroatoms. The summed E-state index contributed by atoms with van der Waals surface area (Å²) in [6, 6.07) is 23.7. The smallest absolute Gasteiger partial charge is 0.282 e. The fourth-order valence-corrected chi connectivity index (χ4v) is 5.72. The van der Waals surface area contributed by atoms with Crippen LogP contribution < -0.4 is 15.0 Å². The van der Waals surface area contributed by atoms with E-state index in [0.717, 1.165) is 15.4 Å². The first-order valence-corrected chi connectivity index (χ1v) is 15.4. The zero-order chi connectivity index (χ0) is 30.1. The monoisotopic (exact) mass is 739 g/mol. The number of para-hydroxylation sites is 1. The molecule has 216 valence electrons. The number of hydrogen-bond acceptors (Lipinski definition) is 6. The highest BCUT2D eigenvalue weighted by molar-refractivity contribution is 9.10. The lowest BCUT2D eigenvalue weighted by Gasteiger charge is -2.16. The van der Waals surface area contributed by atoms with Crippen LogP contribution in [0.5, 0.6) is 11.5 Å². The summed E-state index contributed by atoms with van der Waals surface area (Å²) in [6.07, 6.45) is 1.51. The largest absolute Gasteiger partial charge is 0.490 e. The molecule has 4 aromatic carbocycles. The molecule has 0 radical (unpaired) electrons. The Labute approximate surface area is 272 Å². The number of rotatable bonds is 8. The van der Waals surface area contributed by atoms with Gasteiger partial charge in [-0.05, 0) is 71.4 Å². The van der Waals surface area contributed by atoms with Crippen molar-refractivity contribution in [1.29, 1.82) is 0 Å². The van der Waals surface area contributed by atoms with E-state index >= 15 is 0 Å². The van der Waals surface area contributed by atoms with Crippen molar-refractivity contribution in [1.82, 2.24) is 9.66 Å². The second-order valence-electron chi connectivity index (χ2n) is 9.34. The number of nitrogens with zero attached hydrogens (tertiary/aromatic N) is 3. The standard InChI is InChI=1S/C32H21Br2Cl2N3O4/c1-2-41-26-15-20(28(34)29(36)30(26)42-17-18-7-3-5-9-23(18)35)16-37-39-31(38-24-10-6-4-8-22(24)32(39)40)27-14-19-13-21(33)11-12-25(19)43-27/h3-16H,2,17H2,1H3. The van der Waals surface area contributed by atoms with Gasteiger partial charge >= 0.3 is 0 Å². The molecule has 0 saturated heterocycles. The third kappa shape index (κ3) is 5.95. The third-order valence-electron chi connectivity index (χ3n) is 6.55. The van der Waals surface area contributed by atoms with Gasteiger partial charge in [-0.2, -0.15) is 9.78 Å². The van der Waals surface area contributed by atoms with Gasteiger partial charge in [0.15, 0.2) is 17.3 Å². The Morgan fingerprint density at radius 2 is 1.79 bits per heavy atom. The van der Waals surface area contributed by atoms with Crippen molar-refractivity contribution in [2.45, 2.75) is 13.5 Å². The van der Waals surface area contributed by atoms with Crippen LogP contribution in [0.3, 0.4) is 0 Å². The molecule has 7 nitrogen and oxygen atoms in total. The van der Waals surface area contributed by atoms with Gasteiger partial charge in [0.25, 0.3) is 5.56 Å². The number of fused-ring (bicyclic) bond motifs is 2. The summed E-state index contributed by atoms with van der Waals surface area (Å²) in [5, 5.41) is 6.71. The molecule has 0 spiro atoms. The van der Waals surface area contributed by atoms with Crippen molar-refractivity contribution < 1.29 is 13.9 Å². The van der Waals surface area contributed by atoms with Crippen LogP contribution in [0.2, 0.25) is 10.0 Å². The predicted octanol–water partition coefficient (Wildman–Crippen LogP) is 9.50. The molecule has 0 aliphatic rings. The van der Waals surface area contributed by atoms with Crippen LogP contribution in [0.4, 0.5) is 0 Å². The second kappa shape index (κ2) is 12.5. The van der Waals surface area contributed by atoms with Crippen molar-refractivity contribution in [3.05, 3.63) is 119 Å². The van der Waals surface area contributed by atoms with E-state index in [1.165, 1.54) is 10.9 Å². The number of benzene rings is 4. The van der Waals surface area contributed by atoms with E-state index in [2.05, 4.69) is 37.0 Å². The molecule has 0 N–H and O–H groups in total. The molecule has 6 rings (SSSR count). The summed E-state index contributed by atoms with van der Waals surface area (Å²) in [5.41, 5.74) is 2.18. The number of furan rings is 1. The maximum absolute atomic E-state index is 13.7. The highest BCUT2D eigenvalue weighted by Gasteiger charge is 2.20. The first-order chi connectivity index (χ1) is 20.8. The molecule has 0 fully saturated rings. The van der Waals surface area contributed by atoms with Gasteiger partial charge in [-0.1, -0.05) is 69.5 Å². The minimum atomic E-state index is -0.356. The van der Waals surface area contributed by atoms with Gasteiger partial charge in [0.1, 0.15) is 17.2 Å². The van der Waals surface area contributed by atoms with E-state index in [9.17, 15) is 4.79 Å². The number of aromatic nitrogens is 2. The molecule has 0 amide bonds. The van der Waals surface area contributed by atoms with E-state index in [1.807, 2.05) is 55.5 Å². The van der Waals surface area contributed by atoms with Gasteiger partial charge in [0.2, 0.25) is 5.82 Å². The Kier molecular flexibility index (Phi) is 8.59. The molecule has 0 saturated carbocycles. The molecule has 0 aliphatic heterocycles. The molecule has 0 unspecified atom stereocenters. The van der Waals surface area contributed by atoms with E-state index in [-0.39, 0.29) is 23.0 Å². The lowest BCUT2D eigenvalue weighted by molar-refractivity contribution is 0.269. The van der Waals surface area contributed by atoms with Gasteiger partial charge in [-0.3, -0.25) is 4.79 Å². The molecule has 0 atom stereocenters. The lowest BCUT2D eigenvalue weighted by Crippen LogP contribution is -2.20.